The molecule has 98 valence electrons. The molecule has 0 atom stereocenters. The molecular weight excluding hydrogens is 268 g/mol. The molecule has 0 aliphatic carbocycles. The second-order valence-corrected chi connectivity index (χ2v) is 4.18. The van der Waals surface area contributed by atoms with Gasteiger partial charge in [-0.05, 0) is 12.1 Å². The Bertz CT molecular complexity index is 617. The maximum atomic E-state index is 10.9. The molecule has 0 fully saturated rings. The third-order valence-corrected chi connectivity index (χ3v) is 2.88. The van der Waals surface area contributed by atoms with Crippen molar-refractivity contribution in [2.45, 2.75) is 6.61 Å². The fourth-order valence-corrected chi connectivity index (χ4v) is 1.93. The molecule has 0 bridgehead atoms. The summed E-state index contributed by atoms with van der Waals surface area (Å²) in [6, 6.07) is 6.98. The summed E-state index contributed by atoms with van der Waals surface area (Å²) in [4.78, 5) is 18.6. The summed E-state index contributed by atoms with van der Waals surface area (Å²) in [5.74, 6) is -1.42. The first-order valence-electron chi connectivity index (χ1n) is 5.46. The van der Waals surface area contributed by atoms with Gasteiger partial charge in [0.25, 0.3) is 0 Å². The van der Waals surface area contributed by atoms with Gasteiger partial charge >= 0.3 is 5.97 Å². The van der Waals surface area contributed by atoms with E-state index in [9.17, 15) is 4.79 Å². The number of aromatic carboxylic acids is 1. The van der Waals surface area contributed by atoms with Crippen LogP contribution in [0, 0.1) is 0 Å². The Balaban J connectivity index is 2.55. The minimum atomic E-state index is -1.17. The fourth-order valence-electron chi connectivity index (χ4n) is 1.70. The molecule has 1 N–H and O–H groups in total. The molecule has 0 aliphatic rings. The number of ether oxygens (including phenoxy) is 1. The first-order valence-corrected chi connectivity index (χ1v) is 5.84. The first kappa shape index (κ1) is 13.5. The van der Waals surface area contributed by atoms with Crippen molar-refractivity contribution in [2.24, 2.45) is 0 Å². The van der Waals surface area contributed by atoms with Gasteiger partial charge in [-0.2, -0.15) is 0 Å². The fraction of sp³-hybridized carbons (Fsp3) is 0.154. The third kappa shape index (κ3) is 2.89. The standard InChI is InChI=1S/C13H11ClN2O3/c1-19-7-9-8(3-2-4-10(9)14)11-5-6-15-12(16-11)13(17)18/h2-6H,7H2,1H3,(H,17,18). The summed E-state index contributed by atoms with van der Waals surface area (Å²) in [6.45, 7) is 0.321. The van der Waals surface area contributed by atoms with Gasteiger partial charge < -0.3 is 9.84 Å². The summed E-state index contributed by atoms with van der Waals surface area (Å²) < 4.78 is 5.10. The normalized spacial score (nSPS) is 10.4. The van der Waals surface area contributed by atoms with Crippen LogP contribution in [0.4, 0.5) is 0 Å². The molecular formula is C13H11ClN2O3. The van der Waals surface area contributed by atoms with Crippen LogP contribution in [0.5, 0.6) is 0 Å². The molecule has 0 unspecified atom stereocenters. The molecule has 1 aromatic heterocycles. The van der Waals surface area contributed by atoms with Crippen LogP contribution in [0.25, 0.3) is 11.3 Å². The zero-order chi connectivity index (χ0) is 13.8. The van der Waals surface area contributed by atoms with Crippen molar-refractivity contribution < 1.29 is 14.6 Å². The Labute approximate surface area is 114 Å². The lowest BCUT2D eigenvalue weighted by Gasteiger charge is -2.10. The molecule has 2 aromatic rings. The average Bonchev–Trinajstić information content (AvgIpc) is 2.41. The lowest BCUT2D eigenvalue weighted by Crippen LogP contribution is -2.05. The van der Waals surface area contributed by atoms with Crippen molar-refractivity contribution in [3.63, 3.8) is 0 Å². The molecule has 5 nitrogen and oxygen atoms in total. The number of carbonyl (C=O) groups is 1. The van der Waals surface area contributed by atoms with Crippen LogP contribution in [0.3, 0.4) is 0 Å². The van der Waals surface area contributed by atoms with Gasteiger partial charge in [0, 0.05) is 29.5 Å². The van der Waals surface area contributed by atoms with E-state index in [-0.39, 0.29) is 5.82 Å². The smallest absolute Gasteiger partial charge is 0.373 e. The molecule has 0 saturated heterocycles. The Morgan fingerprint density at radius 3 is 2.89 bits per heavy atom. The number of methoxy groups -OCH3 is 1. The number of rotatable bonds is 4. The number of carboxylic acids is 1. The predicted octanol–water partition coefficient (Wildman–Crippen LogP) is 2.64. The second kappa shape index (κ2) is 5.77. The summed E-state index contributed by atoms with van der Waals surface area (Å²) in [5.41, 5.74) is 2.00. The molecule has 1 aromatic carbocycles. The van der Waals surface area contributed by atoms with Gasteiger partial charge in [0.05, 0.1) is 12.3 Å². The number of benzene rings is 1. The van der Waals surface area contributed by atoms with Crippen LogP contribution in [-0.4, -0.2) is 28.2 Å². The van der Waals surface area contributed by atoms with E-state index >= 15 is 0 Å². The van der Waals surface area contributed by atoms with E-state index in [1.807, 2.05) is 6.07 Å². The van der Waals surface area contributed by atoms with E-state index in [0.717, 1.165) is 11.1 Å². The number of hydrogen-bond acceptors (Lipinski definition) is 4. The Hall–Kier alpha value is -1.98. The van der Waals surface area contributed by atoms with Gasteiger partial charge in [0.1, 0.15) is 0 Å². The van der Waals surface area contributed by atoms with Gasteiger partial charge in [-0.3, -0.25) is 0 Å². The van der Waals surface area contributed by atoms with Crippen molar-refractivity contribution in [3.05, 3.63) is 46.9 Å². The molecule has 6 heteroatoms. The van der Waals surface area contributed by atoms with Crippen LogP contribution in [0.1, 0.15) is 16.2 Å². The summed E-state index contributed by atoms with van der Waals surface area (Å²) in [7, 11) is 1.57. The number of nitrogens with zero attached hydrogens (tertiary/aromatic N) is 2. The van der Waals surface area contributed by atoms with Crippen molar-refractivity contribution in [1.29, 1.82) is 0 Å². The maximum Gasteiger partial charge on any atom is 0.373 e. The SMILES string of the molecule is COCc1c(Cl)cccc1-c1ccnc(C(=O)O)n1. The van der Waals surface area contributed by atoms with Crippen LogP contribution in [0.2, 0.25) is 5.02 Å². The lowest BCUT2D eigenvalue weighted by atomic mass is 10.0. The molecule has 1 heterocycles. The monoisotopic (exact) mass is 278 g/mol. The molecule has 0 saturated carbocycles. The van der Waals surface area contributed by atoms with Crippen LogP contribution in [0.15, 0.2) is 30.5 Å². The summed E-state index contributed by atoms with van der Waals surface area (Å²) >= 11 is 6.12. The quantitative estimate of drug-likeness (QED) is 0.931. The van der Waals surface area contributed by atoms with E-state index in [4.69, 9.17) is 21.4 Å². The Kier molecular flexibility index (Phi) is 4.09. The topological polar surface area (TPSA) is 72.3 Å². The number of carboxylic acid groups (broad SMARTS) is 1. The van der Waals surface area contributed by atoms with E-state index in [2.05, 4.69) is 9.97 Å². The highest BCUT2D eigenvalue weighted by Gasteiger charge is 2.13. The van der Waals surface area contributed by atoms with E-state index in [1.54, 1.807) is 25.3 Å². The second-order valence-electron chi connectivity index (χ2n) is 3.77. The Morgan fingerprint density at radius 2 is 2.21 bits per heavy atom. The summed E-state index contributed by atoms with van der Waals surface area (Å²) in [5, 5.41) is 9.46. The highest BCUT2D eigenvalue weighted by atomic mass is 35.5. The maximum absolute atomic E-state index is 10.9. The molecule has 19 heavy (non-hydrogen) atoms. The minimum absolute atomic E-state index is 0.249. The highest BCUT2D eigenvalue weighted by molar-refractivity contribution is 6.31. The number of aromatic nitrogens is 2. The first-order chi connectivity index (χ1) is 9.13. The highest BCUT2D eigenvalue weighted by Crippen LogP contribution is 2.28. The predicted molar refractivity (Wildman–Crippen MR) is 70.2 cm³/mol. The molecule has 2 rings (SSSR count). The van der Waals surface area contributed by atoms with Crippen LogP contribution in [-0.2, 0) is 11.3 Å². The zero-order valence-electron chi connectivity index (χ0n) is 10.1. The number of hydrogen-bond donors (Lipinski definition) is 1. The van der Waals surface area contributed by atoms with E-state index in [1.165, 1.54) is 6.20 Å². The van der Waals surface area contributed by atoms with Crippen molar-refractivity contribution >= 4 is 17.6 Å². The summed E-state index contributed by atoms with van der Waals surface area (Å²) in [6.07, 6.45) is 1.41. The molecule has 0 aliphatic heterocycles. The average molecular weight is 279 g/mol. The van der Waals surface area contributed by atoms with E-state index < -0.39 is 5.97 Å². The molecule has 0 amide bonds. The number of halogens is 1. The minimum Gasteiger partial charge on any atom is -0.475 e. The van der Waals surface area contributed by atoms with Crippen LogP contribution >= 0.6 is 11.6 Å². The Morgan fingerprint density at radius 1 is 1.42 bits per heavy atom. The lowest BCUT2D eigenvalue weighted by molar-refractivity contribution is 0.0683. The zero-order valence-corrected chi connectivity index (χ0v) is 10.9. The van der Waals surface area contributed by atoms with Gasteiger partial charge in [0.15, 0.2) is 0 Å². The van der Waals surface area contributed by atoms with Crippen molar-refractivity contribution in [2.75, 3.05) is 7.11 Å². The molecule has 0 radical (unpaired) electrons. The van der Waals surface area contributed by atoms with Gasteiger partial charge in [-0.25, -0.2) is 14.8 Å². The van der Waals surface area contributed by atoms with Crippen LogP contribution < -0.4 is 0 Å². The van der Waals surface area contributed by atoms with Gasteiger partial charge in [-0.1, -0.05) is 23.7 Å². The third-order valence-electron chi connectivity index (χ3n) is 2.53. The van der Waals surface area contributed by atoms with Gasteiger partial charge in [-0.15, -0.1) is 0 Å². The van der Waals surface area contributed by atoms with Crippen molar-refractivity contribution in [1.82, 2.24) is 9.97 Å². The molecule has 0 spiro atoms. The van der Waals surface area contributed by atoms with Crippen molar-refractivity contribution in [3.8, 4) is 11.3 Å². The van der Waals surface area contributed by atoms with Gasteiger partial charge in [0.2, 0.25) is 5.82 Å². The van der Waals surface area contributed by atoms with E-state index in [0.29, 0.717) is 17.3 Å². The largest absolute Gasteiger partial charge is 0.475 e.